The lowest BCUT2D eigenvalue weighted by Crippen LogP contribution is -2.63. The minimum absolute atomic E-state index is 0.0262. The number of nitrogens with zero attached hydrogens (tertiary/aromatic N) is 2. The molecular formula is C20H20N2O8. The van der Waals surface area contributed by atoms with E-state index in [1.54, 1.807) is 13.8 Å². The Morgan fingerprint density at radius 2 is 1.03 bits per heavy atom. The molecule has 2 heterocycles. The molecule has 158 valence electrons. The van der Waals surface area contributed by atoms with Gasteiger partial charge in [-0.15, -0.1) is 0 Å². The maximum absolute atomic E-state index is 13.0. The predicted octanol–water partition coefficient (Wildman–Crippen LogP) is 0.564. The Kier molecular flexibility index (Phi) is 3.93. The number of hydrogen-bond donors (Lipinski definition) is 0. The third-order valence-corrected chi connectivity index (χ3v) is 7.24. The lowest BCUT2D eigenvalue weighted by Gasteiger charge is -2.60. The van der Waals surface area contributed by atoms with E-state index in [9.17, 15) is 28.8 Å². The van der Waals surface area contributed by atoms with Crippen molar-refractivity contribution in [3.63, 3.8) is 0 Å². The van der Waals surface area contributed by atoms with Gasteiger partial charge in [0.1, 0.15) is 0 Å². The number of ether oxygens (including phenoxy) is 2. The number of hydrogen-bond acceptors (Lipinski definition) is 8. The molecule has 6 amide bonds. The van der Waals surface area contributed by atoms with E-state index in [0.29, 0.717) is 9.80 Å². The smallest absolute Gasteiger partial charge is 0.423 e. The molecule has 2 bridgehead atoms. The molecule has 4 aliphatic carbocycles. The van der Waals surface area contributed by atoms with Gasteiger partial charge in [-0.25, -0.2) is 9.59 Å². The predicted molar refractivity (Wildman–Crippen MR) is 94.8 cm³/mol. The van der Waals surface area contributed by atoms with Crippen LogP contribution in [0, 0.1) is 47.3 Å². The lowest BCUT2D eigenvalue weighted by atomic mass is 9.40. The van der Waals surface area contributed by atoms with Crippen LogP contribution in [0.15, 0.2) is 12.2 Å². The monoisotopic (exact) mass is 416 g/mol. The number of carbonyl (C=O) groups is 6. The number of carbonyl (C=O) groups excluding carboxylic acids is 6. The summed E-state index contributed by atoms with van der Waals surface area (Å²) in [5, 5.41) is 0. The summed E-state index contributed by atoms with van der Waals surface area (Å²) in [7, 11) is 0. The summed E-state index contributed by atoms with van der Waals surface area (Å²) in [5.41, 5.74) is 0. The van der Waals surface area contributed by atoms with E-state index in [1.165, 1.54) is 0 Å². The van der Waals surface area contributed by atoms with Gasteiger partial charge in [0.2, 0.25) is 23.6 Å². The average Bonchev–Trinajstić information content (AvgIpc) is 3.06. The van der Waals surface area contributed by atoms with Gasteiger partial charge >= 0.3 is 12.2 Å². The van der Waals surface area contributed by atoms with Crippen molar-refractivity contribution in [2.24, 2.45) is 47.3 Å². The maximum Gasteiger partial charge on any atom is 0.423 e. The maximum atomic E-state index is 13.0. The average molecular weight is 416 g/mol. The highest BCUT2D eigenvalue weighted by atomic mass is 16.6. The molecule has 0 aromatic carbocycles. The molecule has 2 saturated carbocycles. The zero-order valence-corrected chi connectivity index (χ0v) is 16.3. The van der Waals surface area contributed by atoms with Crippen LogP contribution in [0.25, 0.3) is 0 Å². The molecule has 6 aliphatic rings. The van der Waals surface area contributed by atoms with Crippen molar-refractivity contribution in [2.45, 2.75) is 13.8 Å². The molecule has 10 nitrogen and oxygen atoms in total. The molecule has 0 aromatic rings. The molecule has 6 rings (SSSR count). The normalized spacial score (nSPS) is 40.2. The number of allylic oxidation sites excluding steroid dienone is 2. The lowest BCUT2D eigenvalue weighted by molar-refractivity contribution is -0.166. The van der Waals surface area contributed by atoms with Crippen LogP contribution >= 0.6 is 0 Å². The van der Waals surface area contributed by atoms with Crippen LogP contribution in [0.5, 0.6) is 0 Å². The van der Waals surface area contributed by atoms with Crippen molar-refractivity contribution in [3.05, 3.63) is 12.2 Å². The molecule has 2 aliphatic heterocycles. The molecule has 4 fully saturated rings. The van der Waals surface area contributed by atoms with Gasteiger partial charge in [-0.05, 0) is 37.5 Å². The van der Waals surface area contributed by atoms with Crippen molar-refractivity contribution >= 4 is 35.8 Å². The van der Waals surface area contributed by atoms with Crippen LogP contribution < -0.4 is 0 Å². The van der Waals surface area contributed by atoms with E-state index in [0.717, 1.165) is 0 Å². The summed E-state index contributed by atoms with van der Waals surface area (Å²) in [4.78, 5) is 77.1. The molecule has 0 radical (unpaired) electrons. The first-order chi connectivity index (χ1) is 14.3. The van der Waals surface area contributed by atoms with Crippen molar-refractivity contribution < 1.29 is 38.2 Å². The molecule has 2 saturated heterocycles. The van der Waals surface area contributed by atoms with E-state index in [4.69, 9.17) is 9.47 Å². The quantitative estimate of drug-likeness (QED) is 0.472. The summed E-state index contributed by atoms with van der Waals surface area (Å²) in [6.45, 7) is 3.21. The topological polar surface area (TPSA) is 127 Å². The van der Waals surface area contributed by atoms with Crippen LogP contribution in [0.4, 0.5) is 9.59 Å². The van der Waals surface area contributed by atoms with Gasteiger partial charge in [-0.3, -0.25) is 19.2 Å². The standard InChI is InChI=1S/C20H20N2O8/c1-3-29-19(27)21-15(23)11-7-5-6-8(12(11)16(21)24)10-9(7)13-14(10)18(26)22(17(13)25)20(28)30-4-2/h5-14H,3-4H2,1-2H3/t7-,8+,9-,10-,11+,12-,13-,14-/m1/s1. The fraction of sp³-hybridized carbons (Fsp3) is 0.600. The molecule has 0 N–H and O–H groups in total. The van der Waals surface area contributed by atoms with E-state index in [1.807, 2.05) is 12.2 Å². The third kappa shape index (κ3) is 2.03. The first-order valence-corrected chi connectivity index (χ1v) is 10.1. The van der Waals surface area contributed by atoms with E-state index >= 15 is 0 Å². The zero-order chi connectivity index (χ0) is 21.5. The number of fused-ring (bicyclic) bond motifs is 1. The van der Waals surface area contributed by atoms with Crippen LogP contribution in [0.1, 0.15) is 13.8 Å². The first-order valence-electron chi connectivity index (χ1n) is 10.1. The van der Waals surface area contributed by atoms with E-state index in [-0.39, 0.29) is 25.0 Å². The van der Waals surface area contributed by atoms with Crippen molar-refractivity contribution in [2.75, 3.05) is 13.2 Å². The Balaban J connectivity index is 1.48. The fourth-order valence-corrected chi connectivity index (χ4v) is 6.34. The van der Waals surface area contributed by atoms with Crippen LogP contribution in [0.2, 0.25) is 0 Å². The van der Waals surface area contributed by atoms with Gasteiger partial charge in [-0.1, -0.05) is 12.2 Å². The van der Waals surface area contributed by atoms with Gasteiger partial charge in [0, 0.05) is 0 Å². The Labute approximate surface area is 171 Å². The Bertz CT molecular complexity index is 885. The molecule has 0 spiro atoms. The van der Waals surface area contributed by atoms with Gasteiger partial charge < -0.3 is 9.47 Å². The molecule has 0 unspecified atom stereocenters. The minimum atomic E-state index is -0.991. The zero-order valence-electron chi connectivity index (χ0n) is 16.3. The molecule has 8 atom stereocenters. The Morgan fingerprint density at radius 1 is 0.700 bits per heavy atom. The Morgan fingerprint density at radius 3 is 1.37 bits per heavy atom. The largest absolute Gasteiger partial charge is 0.449 e. The van der Waals surface area contributed by atoms with Gasteiger partial charge in [0.05, 0.1) is 36.9 Å². The number of imide groups is 6. The highest BCUT2D eigenvalue weighted by Gasteiger charge is 2.76. The summed E-state index contributed by atoms with van der Waals surface area (Å²) in [6, 6.07) is 0. The van der Waals surface area contributed by atoms with Crippen molar-refractivity contribution in [3.8, 4) is 0 Å². The van der Waals surface area contributed by atoms with Crippen molar-refractivity contribution in [1.82, 2.24) is 9.80 Å². The van der Waals surface area contributed by atoms with Gasteiger partial charge in [0.15, 0.2) is 0 Å². The summed E-state index contributed by atoms with van der Waals surface area (Å²) < 4.78 is 9.71. The first kappa shape index (κ1) is 19.0. The molecule has 0 aromatic heterocycles. The molecular weight excluding hydrogens is 396 g/mol. The summed E-state index contributed by atoms with van der Waals surface area (Å²) >= 11 is 0. The molecule has 10 heteroatoms. The van der Waals surface area contributed by atoms with E-state index < -0.39 is 71.3 Å². The number of amides is 6. The number of rotatable bonds is 2. The van der Waals surface area contributed by atoms with Crippen molar-refractivity contribution in [1.29, 1.82) is 0 Å². The number of likely N-dealkylation sites (tertiary alicyclic amines) is 2. The SMILES string of the molecule is CCOC(=O)N1C(=O)[C@@H]2[C@H]3C=C[C@@H]([C@@H]2C1=O)[C@H]1[C@H]2C(=O)N(C(=O)OCC)C(=O)[C@@H]2[C@H]31. The molecule has 30 heavy (non-hydrogen) atoms. The van der Waals surface area contributed by atoms with E-state index in [2.05, 4.69) is 0 Å². The van der Waals surface area contributed by atoms with Crippen LogP contribution in [-0.2, 0) is 28.7 Å². The van der Waals surface area contributed by atoms with Gasteiger partial charge in [-0.2, -0.15) is 9.80 Å². The summed E-state index contributed by atoms with van der Waals surface area (Å²) in [5.74, 6) is -7.01. The highest BCUT2D eigenvalue weighted by molar-refractivity contribution is 6.18. The Hall–Kier alpha value is -3.04. The minimum Gasteiger partial charge on any atom is -0.449 e. The second kappa shape index (κ2) is 6.23. The second-order valence-electron chi connectivity index (χ2n) is 8.22. The fourth-order valence-electron chi connectivity index (χ4n) is 6.34. The van der Waals surface area contributed by atoms with Gasteiger partial charge in [0.25, 0.3) is 0 Å². The summed E-state index contributed by atoms with van der Waals surface area (Å²) in [6.07, 6.45) is 1.65. The second-order valence-corrected chi connectivity index (χ2v) is 8.22. The van der Waals surface area contributed by atoms with Crippen LogP contribution in [-0.4, -0.2) is 58.8 Å². The van der Waals surface area contributed by atoms with Crippen LogP contribution in [0.3, 0.4) is 0 Å². The third-order valence-electron chi connectivity index (χ3n) is 7.24. The highest BCUT2D eigenvalue weighted by Crippen LogP contribution is 2.68.